The average molecular weight is 315 g/mol. The normalized spacial score (nSPS) is 20.4. The van der Waals surface area contributed by atoms with Crippen molar-refractivity contribution in [1.82, 2.24) is 4.31 Å². The third-order valence-corrected chi connectivity index (χ3v) is 5.51. The Bertz CT molecular complexity index is 674. The maximum Gasteiger partial charge on any atom is 0.293 e. The quantitative estimate of drug-likeness (QED) is 0.478. The van der Waals surface area contributed by atoms with Crippen molar-refractivity contribution in [2.24, 2.45) is 0 Å². The number of sulfonamides is 1. The lowest BCUT2D eigenvalue weighted by Gasteiger charge is -2.29. The maximum atomic E-state index is 12.6. The van der Waals surface area contributed by atoms with E-state index in [9.17, 15) is 23.6 Å². The molecule has 1 aromatic rings. The van der Waals surface area contributed by atoms with Gasteiger partial charge in [-0.2, -0.15) is 4.31 Å². The summed E-state index contributed by atoms with van der Waals surface area (Å²) in [5.41, 5.74) is 5.38. The molecule has 0 amide bonds. The minimum absolute atomic E-state index is 0.0000522. The molecule has 1 aliphatic heterocycles. The van der Waals surface area contributed by atoms with Crippen molar-refractivity contribution in [3.05, 3.63) is 27.8 Å². The lowest BCUT2D eigenvalue weighted by Crippen LogP contribution is -2.42. The summed E-state index contributed by atoms with van der Waals surface area (Å²) in [6, 6.07) is 2.27. The Morgan fingerprint density at radius 1 is 1.48 bits per heavy atom. The van der Waals surface area contributed by atoms with E-state index in [4.69, 9.17) is 5.73 Å². The van der Waals surface area contributed by atoms with Crippen LogP contribution in [0, 0.1) is 17.0 Å². The molecule has 3 N–H and O–H groups in total. The van der Waals surface area contributed by atoms with Crippen molar-refractivity contribution in [2.45, 2.75) is 30.8 Å². The van der Waals surface area contributed by atoms with Crippen molar-refractivity contribution in [3.63, 3.8) is 0 Å². The van der Waals surface area contributed by atoms with Crippen LogP contribution in [0.1, 0.15) is 18.4 Å². The van der Waals surface area contributed by atoms with E-state index in [-0.39, 0.29) is 23.7 Å². The van der Waals surface area contributed by atoms with Crippen LogP contribution >= 0.6 is 0 Å². The number of aliphatic hydroxyl groups is 1. The summed E-state index contributed by atoms with van der Waals surface area (Å²) < 4.78 is 26.3. The molecule has 1 aromatic carbocycles. The van der Waals surface area contributed by atoms with Crippen molar-refractivity contribution in [1.29, 1.82) is 0 Å². The summed E-state index contributed by atoms with van der Waals surface area (Å²) in [7, 11) is -3.89. The molecule has 0 bridgehead atoms. The van der Waals surface area contributed by atoms with Gasteiger partial charge >= 0.3 is 0 Å². The first kappa shape index (κ1) is 15.7. The average Bonchev–Trinajstić information content (AvgIpc) is 2.37. The number of β-amino-alcohol motifs (C(OH)–C–C–N with tert-alkyl or cyclic N) is 1. The highest BCUT2D eigenvalue weighted by molar-refractivity contribution is 7.89. The van der Waals surface area contributed by atoms with Crippen LogP contribution in [0.25, 0.3) is 0 Å². The summed E-state index contributed by atoms with van der Waals surface area (Å²) in [5, 5.41) is 20.5. The molecule has 21 heavy (non-hydrogen) atoms. The number of benzene rings is 1. The van der Waals surface area contributed by atoms with Crippen LogP contribution in [-0.2, 0) is 10.0 Å². The maximum absolute atomic E-state index is 12.6. The van der Waals surface area contributed by atoms with Gasteiger partial charge in [0, 0.05) is 19.2 Å². The molecule has 9 heteroatoms. The van der Waals surface area contributed by atoms with Gasteiger partial charge in [-0.25, -0.2) is 8.42 Å². The van der Waals surface area contributed by atoms with E-state index in [1.54, 1.807) is 0 Å². The molecule has 0 aliphatic carbocycles. The first-order chi connectivity index (χ1) is 9.73. The number of nitrogen functional groups attached to an aromatic ring is 1. The number of nitrogens with zero attached hydrogens (tertiary/aromatic N) is 2. The second kappa shape index (κ2) is 5.58. The number of hydrogen-bond acceptors (Lipinski definition) is 6. The van der Waals surface area contributed by atoms with Gasteiger partial charge in [0.2, 0.25) is 10.0 Å². The highest BCUT2D eigenvalue weighted by Gasteiger charge is 2.32. The summed E-state index contributed by atoms with van der Waals surface area (Å²) in [4.78, 5) is 10.1. The zero-order valence-electron chi connectivity index (χ0n) is 11.5. The van der Waals surface area contributed by atoms with Crippen molar-refractivity contribution in [3.8, 4) is 0 Å². The van der Waals surface area contributed by atoms with Crippen LogP contribution in [0.5, 0.6) is 0 Å². The Balaban J connectivity index is 2.49. The molecule has 1 fully saturated rings. The number of anilines is 1. The zero-order chi connectivity index (χ0) is 15.8. The van der Waals surface area contributed by atoms with Crippen LogP contribution in [-0.4, -0.2) is 41.9 Å². The van der Waals surface area contributed by atoms with E-state index in [1.165, 1.54) is 13.0 Å². The first-order valence-electron chi connectivity index (χ1n) is 6.46. The Hall–Kier alpha value is -1.71. The molecule has 8 nitrogen and oxygen atoms in total. The van der Waals surface area contributed by atoms with Gasteiger partial charge in [-0.1, -0.05) is 0 Å². The van der Waals surface area contributed by atoms with Gasteiger partial charge in [0.1, 0.15) is 5.69 Å². The summed E-state index contributed by atoms with van der Waals surface area (Å²) in [6.07, 6.45) is 0.390. The molecule has 1 aliphatic rings. The molecule has 116 valence electrons. The lowest BCUT2D eigenvalue weighted by atomic mass is 10.1. The third kappa shape index (κ3) is 2.99. The van der Waals surface area contributed by atoms with Crippen LogP contribution in [0.2, 0.25) is 0 Å². The number of nitro benzene ring substituents is 1. The molecule has 0 radical (unpaired) electrons. The number of nitrogens with two attached hydrogens (primary N) is 1. The SMILES string of the molecule is Cc1cc(N)c([N+](=O)[O-])cc1S(=O)(=O)N1CCCC(O)C1. The second-order valence-electron chi connectivity index (χ2n) is 5.09. The lowest BCUT2D eigenvalue weighted by molar-refractivity contribution is -0.384. The molecular weight excluding hydrogens is 298 g/mol. The van der Waals surface area contributed by atoms with Gasteiger partial charge in [0.25, 0.3) is 5.69 Å². The molecule has 0 spiro atoms. The predicted octanol–water partition coefficient (Wildman–Crippen LogP) is 0.631. The van der Waals surface area contributed by atoms with E-state index in [1.807, 2.05) is 0 Å². The van der Waals surface area contributed by atoms with E-state index >= 15 is 0 Å². The summed E-state index contributed by atoms with van der Waals surface area (Å²) in [5.74, 6) is 0. The minimum Gasteiger partial charge on any atom is -0.393 e. The summed E-state index contributed by atoms with van der Waals surface area (Å²) >= 11 is 0. The van der Waals surface area contributed by atoms with Gasteiger partial charge in [-0.05, 0) is 31.4 Å². The fraction of sp³-hybridized carbons (Fsp3) is 0.500. The zero-order valence-corrected chi connectivity index (χ0v) is 12.3. The molecule has 1 atom stereocenters. The smallest absolute Gasteiger partial charge is 0.293 e. The number of hydrogen-bond donors (Lipinski definition) is 2. The van der Waals surface area contributed by atoms with Gasteiger partial charge in [0.15, 0.2) is 0 Å². The number of aryl methyl sites for hydroxylation is 1. The topological polar surface area (TPSA) is 127 Å². The monoisotopic (exact) mass is 315 g/mol. The minimum atomic E-state index is -3.89. The van der Waals surface area contributed by atoms with Crippen molar-refractivity contribution in [2.75, 3.05) is 18.8 Å². The number of nitro groups is 1. The standard InChI is InChI=1S/C12H17N3O5S/c1-8-5-10(13)11(15(17)18)6-12(8)21(19,20)14-4-2-3-9(16)7-14/h5-6,9,16H,2-4,7,13H2,1H3. The fourth-order valence-corrected chi connectivity index (χ4v) is 4.16. The largest absolute Gasteiger partial charge is 0.393 e. The van der Waals surface area contributed by atoms with E-state index < -0.39 is 26.7 Å². The Morgan fingerprint density at radius 3 is 2.71 bits per heavy atom. The van der Waals surface area contributed by atoms with E-state index in [2.05, 4.69) is 0 Å². The molecule has 0 saturated carbocycles. The molecule has 2 rings (SSSR count). The molecule has 1 heterocycles. The molecular formula is C12H17N3O5S. The Kier molecular flexibility index (Phi) is 4.17. The van der Waals surface area contributed by atoms with Gasteiger partial charge in [0.05, 0.1) is 15.9 Å². The predicted molar refractivity (Wildman–Crippen MR) is 76.2 cm³/mol. The Morgan fingerprint density at radius 2 is 2.14 bits per heavy atom. The second-order valence-corrected chi connectivity index (χ2v) is 7.00. The highest BCUT2D eigenvalue weighted by Crippen LogP contribution is 2.31. The van der Waals surface area contributed by atoms with Crippen molar-refractivity contribution < 1.29 is 18.4 Å². The third-order valence-electron chi connectivity index (χ3n) is 3.50. The molecule has 1 saturated heterocycles. The van der Waals surface area contributed by atoms with Crippen molar-refractivity contribution >= 4 is 21.4 Å². The number of aliphatic hydroxyl groups excluding tert-OH is 1. The fourth-order valence-electron chi connectivity index (χ4n) is 2.41. The molecule has 1 unspecified atom stereocenters. The highest BCUT2D eigenvalue weighted by atomic mass is 32.2. The van der Waals surface area contributed by atoms with E-state index in [0.29, 0.717) is 18.4 Å². The van der Waals surface area contributed by atoms with E-state index in [0.717, 1.165) is 10.4 Å². The Labute approximate surface area is 122 Å². The summed E-state index contributed by atoms with van der Waals surface area (Å²) in [6.45, 7) is 1.82. The van der Waals surface area contributed by atoms with Gasteiger partial charge in [-0.3, -0.25) is 10.1 Å². The van der Waals surface area contributed by atoms with Gasteiger partial charge in [-0.15, -0.1) is 0 Å². The van der Waals surface area contributed by atoms with Gasteiger partial charge < -0.3 is 10.8 Å². The first-order valence-corrected chi connectivity index (χ1v) is 7.90. The molecule has 0 aromatic heterocycles. The number of piperidine rings is 1. The van der Waals surface area contributed by atoms with Crippen LogP contribution in [0.4, 0.5) is 11.4 Å². The van der Waals surface area contributed by atoms with Crippen LogP contribution in [0.15, 0.2) is 17.0 Å². The van der Waals surface area contributed by atoms with Crippen LogP contribution < -0.4 is 5.73 Å². The van der Waals surface area contributed by atoms with Crippen LogP contribution in [0.3, 0.4) is 0 Å². The number of rotatable bonds is 3.